The van der Waals surface area contributed by atoms with Crippen LogP contribution >= 0.6 is 0 Å². The smallest absolute Gasteiger partial charge is 0.322 e. The minimum absolute atomic E-state index is 0.0582. The molecule has 0 aliphatic rings. The number of nitrogens with zero attached hydrogens (tertiary/aromatic N) is 1. The van der Waals surface area contributed by atoms with Gasteiger partial charge in [0.25, 0.3) is 0 Å². The molecule has 3 N–H and O–H groups in total. The normalized spacial score (nSPS) is 14.0. The van der Waals surface area contributed by atoms with Gasteiger partial charge in [0.2, 0.25) is 0 Å². The Hall–Kier alpha value is -0.650. The molecule has 0 fully saturated rings. The maximum atomic E-state index is 10.5. The summed E-state index contributed by atoms with van der Waals surface area (Å²) in [5.74, 6) is -1.01. The van der Waals surface area contributed by atoms with E-state index in [4.69, 9.17) is 10.3 Å². The third kappa shape index (κ3) is 2.83. The van der Waals surface area contributed by atoms with Gasteiger partial charge in [0, 0.05) is 7.05 Å². The zero-order valence-electron chi connectivity index (χ0n) is 6.90. The molecular formula is C6H14N2O3. The second-order valence-electron chi connectivity index (χ2n) is 2.74. The lowest BCUT2D eigenvalue weighted by Gasteiger charge is -2.24. The molecule has 0 radical (unpaired) electrons. The lowest BCUT2D eigenvalue weighted by atomic mass is 10.1. The summed E-state index contributed by atoms with van der Waals surface area (Å²) in [5.41, 5.74) is 1.78. The van der Waals surface area contributed by atoms with Gasteiger partial charge in [-0.15, -0.1) is 5.59 Å². The van der Waals surface area contributed by atoms with E-state index in [1.165, 1.54) is 7.05 Å². The zero-order chi connectivity index (χ0) is 9.02. The summed E-state index contributed by atoms with van der Waals surface area (Å²) in [6.45, 7) is 3.54. The van der Waals surface area contributed by atoms with Crippen LogP contribution in [0.4, 0.5) is 0 Å². The van der Waals surface area contributed by atoms with Crippen molar-refractivity contribution in [3.05, 3.63) is 0 Å². The first-order valence-corrected chi connectivity index (χ1v) is 3.36. The summed E-state index contributed by atoms with van der Waals surface area (Å²) in [4.78, 5) is 10.5. The fourth-order valence-corrected chi connectivity index (χ4v) is 0.960. The minimum Gasteiger partial charge on any atom is -0.480 e. The molecule has 0 bridgehead atoms. The van der Waals surface area contributed by atoms with Crippen molar-refractivity contribution in [2.45, 2.75) is 19.9 Å². The first-order chi connectivity index (χ1) is 5.00. The Kier molecular flexibility index (Phi) is 4.02. The molecule has 5 nitrogen and oxygen atoms in total. The predicted molar refractivity (Wildman–Crippen MR) is 38.9 cm³/mol. The molecule has 0 saturated carbocycles. The Bertz CT molecular complexity index is 138. The molecule has 0 unspecified atom stereocenters. The number of likely N-dealkylation sites (N-methyl/N-ethyl adjacent to an activating group) is 1. The Morgan fingerprint density at radius 1 is 1.55 bits per heavy atom. The van der Waals surface area contributed by atoms with Crippen molar-refractivity contribution in [2.24, 2.45) is 5.92 Å². The molecular weight excluding hydrogens is 148 g/mol. The summed E-state index contributed by atoms with van der Waals surface area (Å²) >= 11 is 0. The number of rotatable bonds is 4. The highest BCUT2D eigenvalue weighted by atomic mass is 16.5. The first-order valence-electron chi connectivity index (χ1n) is 3.36. The maximum Gasteiger partial charge on any atom is 0.322 e. The molecule has 1 atom stereocenters. The SMILES string of the molecule is CC(C)[C@H](C(=O)O)N(C)NO. The van der Waals surface area contributed by atoms with Gasteiger partial charge in [-0.1, -0.05) is 13.8 Å². The summed E-state index contributed by atoms with van der Waals surface area (Å²) in [5, 5.41) is 18.2. The van der Waals surface area contributed by atoms with E-state index >= 15 is 0 Å². The van der Waals surface area contributed by atoms with Gasteiger partial charge in [0.05, 0.1) is 0 Å². The van der Waals surface area contributed by atoms with E-state index in [2.05, 4.69) is 0 Å². The number of hydrazine groups is 1. The molecule has 0 amide bonds. The molecule has 66 valence electrons. The molecule has 0 aromatic heterocycles. The second-order valence-corrected chi connectivity index (χ2v) is 2.74. The number of carboxylic acids is 1. The van der Waals surface area contributed by atoms with Crippen molar-refractivity contribution in [3.8, 4) is 0 Å². The third-order valence-corrected chi connectivity index (χ3v) is 1.46. The van der Waals surface area contributed by atoms with Gasteiger partial charge < -0.3 is 10.3 Å². The van der Waals surface area contributed by atoms with E-state index in [9.17, 15) is 4.79 Å². The van der Waals surface area contributed by atoms with Crippen LogP contribution in [-0.4, -0.2) is 34.4 Å². The predicted octanol–water partition coefficient (Wildman–Crippen LogP) is -0.0788. The van der Waals surface area contributed by atoms with E-state index in [0.717, 1.165) is 5.01 Å². The van der Waals surface area contributed by atoms with Crippen LogP contribution in [0, 0.1) is 5.92 Å². The minimum atomic E-state index is -0.955. The molecule has 11 heavy (non-hydrogen) atoms. The highest BCUT2D eigenvalue weighted by Crippen LogP contribution is 2.06. The van der Waals surface area contributed by atoms with Gasteiger partial charge in [-0.2, -0.15) is 0 Å². The number of aliphatic carboxylic acids is 1. The molecule has 0 aromatic rings. The van der Waals surface area contributed by atoms with Crippen molar-refractivity contribution in [1.82, 2.24) is 10.6 Å². The van der Waals surface area contributed by atoms with Gasteiger partial charge in [0.1, 0.15) is 6.04 Å². The summed E-state index contributed by atoms with van der Waals surface area (Å²) < 4.78 is 0. The monoisotopic (exact) mass is 162 g/mol. The highest BCUT2D eigenvalue weighted by Gasteiger charge is 2.25. The number of hydrogen-bond acceptors (Lipinski definition) is 4. The average molecular weight is 162 g/mol. The van der Waals surface area contributed by atoms with Gasteiger partial charge in [-0.05, 0) is 5.92 Å². The Morgan fingerprint density at radius 3 is 2.09 bits per heavy atom. The molecule has 0 rings (SSSR count). The molecule has 5 heteroatoms. The molecule has 0 spiro atoms. The lowest BCUT2D eigenvalue weighted by molar-refractivity contribution is -0.151. The van der Waals surface area contributed by atoms with Gasteiger partial charge in [-0.3, -0.25) is 4.79 Å². The Labute approximate surface area is 65.5 Å². The van der Waals surface area contributed by atoms with Crippen LogP contribution in [-0.2, 0) is 4.79 Å². The van der Waals surface area contributed by atoms with Crippen molar-refractivity contribution in [2.75, 3.05) is 7.05 Å². The van der Waals surface area contributed by atoms with Gasteiger partial charge >= 0.3 is 5.97 Å². The number of nitrogens with one attached hydrogen (secondary N) is 1. The fourth-order valence-electron chi connectivity index (χ4n) is 0.960. The van der Waals surface area contributed by atoms with Crippen molar-refractivity contribution >= 4 is 5.97 Å². The van der Waals surface area contributed by atoms with E-state index in [1.807, 2.05) is 0 Å². The number of carbonyl (C=O) groups is 1. The second kappa shape index (κ2) is 4.27. The Balaban J connectivity index is 4.21. The average Bonchev–Trinajstić information content (AvgIpc) is 1.85. The van der Waals surface area contributed by atoms with Crippen LogP contribution in [0.2, 0.25) is 0 Å². The highest BCUT2D eigenvalue weighted by molar-refractivity contribution is 5.73. The van der Waals surface area contributed by atoms with E-state index in [-0.39, 0.29) is 5.92 Å². The van der Waals surface area contributed by atoms with Crippen LogP contribution < -0.4 is 5.59 Å². The molecule has 0 aliphatic heterocycles. The van der Waals surface area contributed by atoms with Crippen LogP contribution in [0.25, 0.3) is 0 Å². The summed E-state index contributed by atoms with van der Waals surface area (Å²) in [6, 6.07) is -0.708. The van der Waals surface area contributed by atoms with Crippen molar-refractivity contribution in [1.29, 1.82) is 0 Å². The van der Waals surface area contributed by atoms with Crippen LogP contribution in [0.1, 0.15) is 13.8 Å². The number of hydrogen-bond donors (Lipinski definition) is 3. The van der Waals surface area contributed by atoms with Crippen LogP contribution in [0.3, 0.4) is 0 Å². The Morgan fingerprint density at radius 2 is 2.00 bits per heavy atom. The zero-order valence-corrected chi connectivity index (χ0v) is 6.90. The number of carboxylic acid groups (broad SMARTS) is 1. The quantitative estimate of drug-likeness (QED) is 0.504. The van der Waals surface area contributed by atoms with Crippen molar-refractivity contribution in [3.63, 3.8) is 0 Å². The van der Waals surface area contributed by atoms with E-state index in [0.29, 0.717) is 0 Å². The lowest BCUT2D eigenvalue weighted by Crippen LogP contribution is -2.48. The van der Waals surface area contributed by atoms with Crippen LogP contribution in [0.5, 0.6) is 0 Å². The largest absolute Gasteiger partial charge is 0.480 e. The fraction of sp³-hybridized carbons (Fsp3) is 0.833. The summed E-state index contributed by atoms with van der Waals surface area (Å²) in [6.07, 6.45) is 0. The van der Waals surface area contributed by atoms with E-state index in [1.54, 1.807) is 19.4 Å². The summed E-state index contributed by atoms with van der Waals surface area (Å²) in [7, 11) is 1.47. The van der Waals surface area contributed by atoms with Gasteiger partial charge in [-0.25, -0.2) is 5.01 Å². The van der Waals surface area contributed by atoms with Gasteiger partial charge in [0.15, 0.2) is 0 Å². The third-order valence-electron chi connectivity index (χ3n) is 1.46. The molecule has 0 aliphatic carbocycles. The first kappa shape index (κ1) is 10.3. The maximum absolute atomic E-state index is 10.5. The van der Waals surface area contributed by atoms with Crippen molar-refractivity contribution < 1.29 is 15.1 Å². The molecule has 0 saturated heterocycles. The topological polar surface area (TPSA) is 72.8 Å². The van der Waals surface area contributed by atoms with E-state index < -0.39 is 12.0 Å². The van der Waals surface area contributed by atoms with Crippen LogP contribution in [0.15, 0.2) is 0 Å². The molecule has 0 aromatic carbocycles. The molecule has 0 heterocycles. The standard InChI is InChI=1S/C6H14N2O3/c1-4(2)5(6(9)10)8(3)7-11/h4-5,7,11H,1-3H3,(H,9,10)/t5-/m1/s1.